The van der Waals surface area contributed by atoms with Crippen molar-refractivity contribution in [3.63, 3.8) is 0 Å². The van der Waals surface area contributed by atoms with Crippen molar-refractivity contribution in [2.24, 2.45) is 7.05 Å². The molecule has 3 aromatic rings. The minimum Gasteiger partial charge on any atom is -0.321 e. The second kappa shape index (κ2) is 5.63. The molecule has 6 nitrogen and oxygen atoms in total. The van der Waals surface area contributed by atoms with Crippen LogP contribution in [0.4, 0.5) is 5.69 Å². The maximum Gasteiger partial charge on any atom is 0.265 e. The molecule has 106 valence electrons. The van der Waals surface area contributed by atoms with E-state index in [9.17, 15) is 4.79 Å². The molecule has 1 amide bonds. The fraction of sp³-hybridized carbons (Fsp3) is 0.0769. The van der Waals surface area contributed by atoms with Crippen LogP contribution in [0.25, 0.3) is 11.4 Å². The first kappa shape index (κ1) is 13.7. The van der Waals surface area contributed by atoms with Crippen molar-refractivity contribution in [2.75, 3.05) is 5.32 Å². The molecule has 8 heteroatoms. The molecule has 0 radical (unpaired) electrons. The smallest absolute Gasteiger partial charge is 0.265 e. The summed E-state index contributed by atoms with van der Waals surface area (Å²) >= 11 is 7.07. The first-order valence-corrected chi connectivity index (χ1v) is 7.22. The molecule has 0 saturated carbocycles. The molecule has 0 spiro atoms. The number of hydrogen-bond donors (Lipinski definition) is 1. The van der Waals surface area contributed by atoms with Crippen LogP contribution in [0.1, 0.15) is 9.67 Å². The maximum atomic E-state index is 12.1. The van der Waals surface area contributed by atoms with E-state index in [-0.39, 0.29) is 5.91 Å². The van der Waals surface area contributed by atoms with Gasteiger partial charge in [-0.25, -0.2) is 4.68 Å². The second-order valence-electron chi connectivity index (χ2n) is 4.26. The highest BCUT2D eigenvalue weighted by Crippen LogP contribution is 2.24. The van der Waals surface area contributed by atoms with Gasteiger partial charge in [0.25, 0.3) is 5.91 Å². The molecular weight excluding hydrogens is 310 g/mol. The highest BCUT2D eigenvalue weighted by atomic mass is 35.5. The van der Waals surface area contributed by atoms with E-state index in [1.165, 1.54) is 11.3 Å². The first-order valence-electron chi connectivity index (χ1n) is 6.03. The second-order valence-corrected chi connectivity index (χ2v) is 5.98. The molecule has 0 aliphatic carbocycles. The van der Waals surface area contributed by atoms with Gasteiger partial charge in [0, 0.05) is 18.3 Å². The summed E-state index contributed by atoms with van der Waals surface area (Å²) in [6.45, 7) is 0. The van der Waals surface area contributed by atoms with Crippen molar-refractivity contribution in [3.05, 3.63) is 45.6 Å². The third-order valence-corrected chi connectivity index (χ3v) is 4.03. The van der Waals surface area contributed by atoms with Gasteiger partial charge in [-0.15, -0.1) is 16.4 Å². The minimum absolute atomic E-state index is 0.194. The minimum atomic E-state index is -0.194. The monoisotopic (exact) mass is 319 g/mol. The molecule has 0 unspecified atom stereocenters. The number of rotatable bonds is 3. The highest BCUT2D eigenvalue weighted by molar-refractivity contribution is 7.18. The van der Waals surface area contributed by atoms with Gasteiger partial charge in [-0.3, -0.25) is 4.79 Å². The fourth-order valence-electron chi connectivity index (χ4n) is 1.84. The third-order valence-electron chi connectivity index (χ3n) is 2.80. The van der Waals surface area contributed by atoms with Gasteiger partial charge < -0.3 is 5.32 Å². The van der Waals surface area contributed by atoms with Crippen molar-refractivity contribution in [1.82, 2.24) is 20.2 Å². The molecule has 1 N–H and O–H groups in total. The van der Waals surface area contributed by atoms with Crippen LogP contribution in [-0.4, -0.2) is 26.1 Å². The number of tetrazole rings is 1. The zero-order valence-corrected chi connectivity index (χ0v) is 12.5. The summed E-state index contributed by atoms with van der Waals surface area (Å²) in [6, 6.07) is 10.7. The Morgan fingerprint density at radius 3 is 2.86 bits per heavy atom. The Morgan fingerprint density at radius 1 is 1.33 bits per heavy atom. The van der Waals surface area contributed by atoms with Crippen molar-refractivity contribution < 1.29 is 4.79 Å². The Balaban J connectivity index is 1.84. The van der Waals surface area contributed by atoms with Gasteiger partial charge in [0.2, 0.25) is 0 Å². The Bertz CT molecular complexity index is 797. The van der Waals surface area contributed by atoms with Gasteiger partial charge in [0.15, 0.2) is 5.82 Å². The van der Waals surface area contributed by atoms with E-state index in [4.69, 9.17) is 11.6 Å². The summed E-state index contributed by atoms with van der Waals surface area (Å²) in [7, 11) is 1.76. The average molecular weight is 320 g/mol. The summed E-state index contributed by atoms with van der Waals surface area (Å²) in [5.74, 6) is 0.436. The van der Waals surface area contributed by atoms with Crippen LogP contribution in [0.15, 0.2) is 36.4 Å². The molecule has 2 aromatic heterocycles. The number of nitrogens with one attached hydrogen (secondary N) is 1. The Morgan fingerprint density at radius 2 is 2.19 bits per heavy atom. The van der Waals surface area contributed by atoms with Gasteiger partial charge in [0.05, 0.1) is 9.21 Å². The lowest BCUT2D eigenvalue weighted by Gasteiger charge is -2.05. The molecule has 0 atom stereocenters. The number of nitrogens with zero attached hydrogens (tertiary/aromatic N) is 4. The molecule has 2 heterocycles. The first-order chi connectivity index (χ1) is 10.1. The molecule has 0 aliphatic rings. The molecule has 21 heavy (non-hydrogen) atoms. The van der Waals surface area contributed by atoms with Crippen LogP contribution in [-0.2, 0) is 7.05 Å². The number of aryl methyl sites for hydroxylation is 1. The average Bonchev–Trinajstić information content (AvgIpc) is 3.08. The topological polar surface area (TPSA) is 72.7 Å². The van der Waals surface area contributed by atoms with E-state index >= 15 is 0 Å². The predicted molar refractivity (Wildman–Crippen MR) is 81.5 cm³/mol. The zero-order valence-electron chi connectivity index (χ0n) is 10.9. The predicted octanol–water partition coefficient (Wildman–Crippen LogP) is 2.84. The SMILES string of the molecule is Cn1nnnc1-c1cccc(NC(=O)c2ccc(Cl)s2)c1. The van der Waals surface area contributed by atoms with Gasteiger partial charge in [0.1, 0.15) is 0 Å². The molecule has 3 rings (SSSR count). The largest absolute Gasteiger partial charge is 0.321 e. The quantitative estimate of drug-likeness (QED) is 0.805. The summed E-state index contributed by atoms with van der Waals surface area (Å²) in [6.07, 6.45) is 0. The highest BCUT2D eigenvalue weighted by Gasteiger charge is 2.11. The van der Waals surface area contributed by atoms with Crippen LogP contribution < -0.4 is 5.32 Å². The van der Waals surface area contributed by atoms with Crippen LogP contribution in [0.3, 0.4) is 0 Å². The number of hydrogen-bond acceptors (Lipinski definition) is 5. The normalized spacial score (nSPS) is 10.6. The van der Waals surface area contributed by atoms with Crippen LogP contribution in [0.5, 0.6) is 0 Å². The van der Waals surface area contributed by atoms with Crippen LogP contribution >= 0.6 is 22.9 Å². The number of benzene rings is 1. The zero-order chi connectivity index (χ0) is 14.8. The van der Waals surface area contributed by atoms with Crippen molar-refractivity contribution in [3.8, 4) is 11.4 Å². The summed E-state index contributed by atoms with van der Waals surface area (Å²) in [5, 5.41) is 14.2. The summed E-state index contributed by atoms with van der Waals surface area (Å²) in [5.41, 5.74) is 1.49. The van der Waals surface area contributed by atoms with E-state index in [0.29, 0.717) is 20.7 Å². The standard InChI is InChI=1S/C13H10ClN5OS/c1-19-12(16-17-18-19)8-3-2-4-9(7-8)15-13(20)10-5-6-11(14)21-10/h2-7H,1H3,(H,15,20). The van der Waals surface area contributed by atoms with Crippen molar-refractivity contribution >= 4 is 34.5 Å². The van der Waals surface area contributed by atoms with Crippen molar-refractivity contribution in [2.45, 2.75) is 0 Å². The van der Waals surface area contributed by atoms with Gasteiger partial charge >= 0.3 is 0 Å². The van der Waals surface area contributed by atoms with E-state index in [0.717, 1.165) is 5.56 Å². The maximum absolute atomic E-state index is 12.1. The van der Waals surface area contributed by atoms with E-state index in [2.05, 4.69) is 20.8 Å². The van der Waals surface area contributed by atoms with E-state index < -0.39 is 0 Å². The fourth-order valence-corrected chi connectivity index (χ4v) is 2.78. The Labute approximate surface area is 129 Å². The number of aromatic nitrogens is 4. The molecule has 1 aromatic carbocycles. The molecule has 0 aliphatic heterocycles. The van der Waals surface area contributed by atoms with Crippen LogP contribution in [0, 0.1) is 0 Å². The molecule has 0 saturated heterocycles. The number of halogens is 1. The van der Waals surface area contributed by atoms with Crippen molar-refractivity contribution in [1.29, 1.82) is 0 Å². The van der Waals surface area contributed by atoms with Gasteiger partial charge in [-0.05, 0) is 34.7 Å². The molecule has 0 bridgehead atoms. The third kappa shape index (κ3) is 2.93. The number of carbonyl (C=O) groups is 1. The van der Waals surface area contributed by atoms with E-state index in [1.54, 1.807) is 29.9 Å². The lowest BCUT2D eigenvalue weighted by Crippen LogP contribution is -2.10. The van der Waals surface area contributed by atoms with Crippen LogP contribution in [0.2, 0.25) is 4.34 Å². The van der Waals surface area contributed by atoms with Gasteiger partial charge in [-0.2, -0.15) is 0 Å². The Kier molecular flexibility index (Phi) is 3.68. The molecular formula is C13H10ClN5OS. The number of anilines is 1. The summed E-state index contributed by atoms with van der Waals surface area (Å²) in [4.78, 5) is 12.6. The lowest BCUT2D eigenvalue weighted by atomic mass is 10.2. The van der Waals surface area contributed by atoms with E-state index in [1.807, 2.05) is 18.2 Å². The van der Waals surface area contributed by atoms with Gasteiger partial charge in [-0.1, -0.05) is 23.7 Å². The lowest BCUT2D eigenvalue weighted by molar-refractivity contribution is 0.103. The number of amides is 1. The summed E-state index contributed by atoms with van der Waals surface area (Å²) < 4.78 is 2.15. The molecule has 0 fully saturated rings. The number of thiophene rings is 1. The number of carbonyl (C=O) groups excluding carboxylic acids is 1. The Hall–Kier alpha value is -2.25.